The first kappa shape index (κ1) is 33.8. The predicted molar refractivity (Wildman–Crippen MR) is 69.2 cm³/mol. The van der Waals surface area contributed by atoms with E-state index in [0.717, 1.165) is 0 Å². The van der Waals surface area contributed by atoms with E-state index in [9.17, 15) is 92.2 Å². The predicted octanol–water partition coefficient (Wildman–Crippen LogP) is 7.97. The maximum Gasteiger partial charge on any atom is 0.460 e. The molecule has 0 unspecified atom stereocenters. The molecular weight excluding hydrogens is 585 g/mol. The van der Waals surface area contributed by atoms with Gasteiger partial charge in [-0.05, 0) is 5.53 Å². The SMILES string of the molecule is [N-]=[N+]=NCCC(F)(F)C(F)(F)C(F)(F)C(F)(F)C(F)(F)C(F)(F)C(F)(F)C(F)(F)C(F)(F)C(F)(F)F. The Balaban J connectivity index is 6.97. The highest BCUT2D eigenvalue weighted by Gasteiger charge is 2.97. The van der Waals surface area contributed by atoms with E-state index in [0.29, 0.717) is 0 Å². The van der Waals surface area contributed by atoms with E-state index in [4.69, 9.17) is 5.53 Å². The van der Waals surface area contributed by atoms with E-state index >= 15 is 0 Å². The summed E-state index contributed by atoms with van der Waals surface area (Å²) in [6, 6.07) is 0. The summed E-state index contributed by atoms with van der Waals surface area (Å²) in [6.45, 7) is -2.01. The number of hydrogen-bond donors (Lipinski definition) is 0. The first-order valence-electron chi connectivity index (χ1n) is 7.79. The summed E-state index contributed by atoms with van der Waals surface area (Å²) in [4.78, 5) is 1.59. The fourth-order valence-corrected chi connectivity index (χ4v) is 1.98. The van der Waals surface area contributed by atoms with Crippen LogP contribution in [0.25, 0.3) is 10.4 Å². The van der Waals surface area contributed by atoms with Crippen molar-refractivity contribution >= 4 is 0 Å². The van der Waals surface area contributed by atoms with E-state index in [2.05, 4.69) is 0 Å². The van der Waals surface area contributed by atoms with Gasteiger partial charge < -0.3 is 0 Å². The van der Waals surface area contributed by atoms with Crippen molar-refractivity contribution in [1.82, 2.24) is 0 Å². The van der Waals surface area contributed by atoms with Gasteiger partial charge in [-0.2, -0.15) is 92.2 Å². The highest BCUT2D eigenvalue weighted by molar-refractivity contribution is 5.17. The summed E-state index contributed by atoms with van der Waals surface area (Å²) < 4.78 is 274. The maximum atomic E-state index is 13.5. The van der Waals surface area contributed by atoms with E-state index in [1.165, 1.54) is 0 Å². The van der Waals surface area contributed by atoms with Crippen molar-refractivity contribution in [3.8, 4) is 0 Å². The van der Waals surface area contributed by atoms with Crippen LogP contribution in [0.5, 0.6) is 0 Å². The second kappa shape index (κ2) is 8.71. The highest BCUT2D eigenvalue weighted by Crippen LogP contribution is 2.66. The Morgan fingerprint density at radius 3 is 0.917 bits per heavy atom. The van der Waals surface area contributed by atoms with Gasteiger partial charge in [-0.3, -0.25) is 0 Å². The van der Waals surface area contributed by atoms with Crippen molar-refractivity contribution in [3.05, 3.63) is 10.4 Å². The second-order valence-electron chi connectivity index (χ2n) is 6.50. The van der Waals surface area contributed by atoms with Crippen molar-refractivity contribution in [2.75, 3.05) is 6.54 Å². The van der Waals surface area contributed by atoms with E-state index in [1.807, 2.05) is 5.11 Å². The summed E-state index contributed by atoms with van der Waals surface area (Å²) in [6.07, 6.45) is -11.0. The molecule has 3 nitrogen and oxygen atoms in total. The number of hydrogen-bond acceptors (Lipinski definition) is 1. The molecule has 0 aromatic carbocycles. The van der Waals surface area contributed by atoms with Crippen molar-refractivity contribution in [2.24, 2.45) is 5.11 Å². The summed E-state index contributed by atoms with van der Waals surface area (Å²) in [5.41, 5.74) is 7.72. The molecule has 0 heterocycles. The molecule has 0 saturated heterocycles. The van der Waals surface area contributed by atoms with Gasteiger partial charge in [-0.15, -0.1) is 0 Å². The lowest BCUT2D eigenvalue weighted by molar-refractivity contribution is -0.474. The van der Waals surface area contributed by atoms with Crippen LogP contribution in [0.3, 0.4) is 0 Å². The number of nitrogens with zero attached hydrogens (tertiary/aromatic N) is 3. The molecular formula is C12H4F21N3. The van der Waals surface area contributed by atoms with Gasteiger partial charge in [0.25, 0.3) is 0 Å². The van der Waals surface area contributed by atoms with Crippen LogP contribution >= 0.6 is 0 Å². The molecule has 0 aromatic rings. The largest absolute Gasteiger partial charge is 0.460 e. The molecule has 0 radical (unpaired) electrons. The third-order valence-corrected chi connectivity index (χ3v) is 4.16. The number of halogens is 21. The highest BCUT2D eigenvalue weighted by atomic mass is 19.4. The number of rotatable bonds is 11. The molecule has 0 N–H and O–H groups in total. The Kier molecular flexibility index (Phi) is 8.18. The first-order chi connectivity index (χ1) is 15.3. The zero-order valence-electron chi connectivity index (χ0n) is 15.7. The first-order valence-corrected chi connectivity index (χ1v) is 7.79. The van der Waals surface area contributed by atoms with E-state index in [1.54, 1.807) is 4.91 Å². The van der Waals surface area contributed by atoms with Crippen LogP contribution in [-0.2, 0) is 0 Å². The lowest BCUT2D eigenvalue weighted by atomic mass is 9.86. The van der Waals surface area contributed by atoms with Gasteiger partial charge in [0.05, 0.1) is 0 Å². The molecule has 0 saturated carbocycles. The Morgan fingerprint density at radius 2 is 0.667 bits per heavy atom. The fraction of sp³-hybridized carbons (Fsp3) is 1.00. The van der Waals surface area contributed by atoms with Crippen LogP contribution in [-0.4, -0.2) is 66.0 Å². The Morgan fingerprint density at radius 1 is 0.417 bits per heavy atom. The monoisotopic (exact) mass is 589 g/mol. The van der Waals surface area contributed by atoms with Crippen molar-refractivity contribution < 1.29 is 92.2 Å². The van der Waals surface area contributed by atoms with Crippen molar-refractivity contribution in [3.63, 3.8) is 0 Å². The molecule has 0 aliphatic rings. The van der Waals surface area contributed by atoms with Crippen LogP contribution in [0.15, 0.2) is 5.11 Å². The van der Waals surface area contributed by atoms with Crippen molar-refractivity contribution in [2.45, 2.75) is 65.9 Å². The lowest BCUT2D eigenvalue weighted by Gasteiger charge is -2.44. The van der Waals surface area contributed by atoms with Crippen LogP contribution in [0.1, 0.15) is 6.42 Å². The molecule has 0 bridgehead atoms. The third kappa shape index (κ3) is 4.21. The summed E-state index contributed by atoms with van der Waals surface area (Å²) in [7, 11) is 0. The third-order valence-electron chi connectivity index (χ3n) is 4.16. The molecule has 0 amide bonds. The molecule has 24 heteroatoms. The molecule has 0 atom stereocenters. The summed E-state index contributed by atoms with van der Waals surface area (Å²) in [5, 5.41) is 2.03. The quantitative estimate of drug-likeness (QED) is 0.102. The second-order valence-corrected chi connectivity index (χ2v) is 6.50. The standard InChI is InChI=1S/C12H4F21N3/c13-3(14,1-2-35-36-34)4(15,16)5(17,18)6(19,20)7(21,22)8(23,24)9(25,26)10(27,28)11(29,30)12(31,32)33/h1-2H2. The van der Waals surface area contributed by atoms with Gasteiger partial charge >= 0.3 is 59.5 Å². The molecule has 0 aliphatic heterocycles. The normalized spacial score (nSPS) is 16.1. The van der Waals surface area contributed by atoms with Gasteiger partial charge in [0.1, 0.15) is 0 Å². The van der Waals surface area contributed by atoms with E-state index < -0.39 is 72.4 Å². The zero-order valence-corrected chi connectivity index (χ0v) is 15.7. The van der Waals surface area contributed by atoms with Gasteiger partial charge in [-0.1, -0.05) is 5.11 Å². The minimum atomic E-state index is -9.19. The molecule has 0 aliphatic carbocycles. The number of alkyl halides is 21. The Labute approximate surface area is 181 Å². The Hall–Kier alpha value is -2.16. The van der Waals surface area contributed by atoms with Crippen LogP contribution < -0.4 is 0 Å². The van der Waals surface area contributed by atoms with E-state index in [-0.39, 0.29) is 0 Å². The topological polar surface area (TPSA) is 48.8 Å². The van der Waals surface area contributed by atoms with Crippen molar-refractivity contribution in [1.29, 1.82) is 0 Å². The lowest BCUT2D eigenvalue weighted by Crippen LogP contribution is -2.76. The summed E-state index contributed by atoms with van der Waals surface area (Å²) in [5.74, 6) is -77.2. The van der Waals surface area contributed by atoms with Crippen LogP contribution in [0, 0.1) is 0 Å². The Bertz CT molecular complexity index is 849. The van der Waals surface area contributed by atoms with Gasteiger partial charge in [0.15, 0.2) is 0 Å². The average molecular weight is 589 g/mol. The fourth-order valence-electron chi connectivity index (χ4n) is 1.98. The van der Waals surface area contributed by atoms with Crippen LogP contribution in [0.4, 0.5) is 92.2 Å². The van der Waals surface area contributed by atoms with Gasteiger partial charge in [0.2, 0.25) is 0 Å². The molecule has 0 rings (SSSR count). The van der Waals surface area contributed by atoms with Gasteiger partial charge in [0, 0.05) is 17.9 Å². The average Bonchev–Trinajstić information content (AvgIpc) is 2.65. The minimum absolute atomic E-state index is 1.59. The van der Waals surface area contributed by atoms with Gasteiger partial charge in [-0.25, -0.2) is 0 Å². The molecule has 0 spiro atoms. The minimum Gasteiger partial charge on any atom is -0.200 e. The zero-order chi connectivity index (χ0) is 29.8. The number of azide groups is 1. The smallest absolute Gasteiger partial charge is 0.200 e. The van der Waals surface area contributed by atoms with Crippen LogP contribution in [0.2, 0.25) is 0 Å². The maximum absolute atomic E-state index is 13.5. The molecule has 214 valence electrons. The molecule has 0 aromatic heterocycles. The molecule has 0 fully saturated rings. The summed E-state index contributed by atoms with van der Waals surface area (Å²) >= 11 is 0. The molecule has 36 heavy (non-hydrogen) atoms.